The number of hydrogen-bond acceptors (Lipinski definition) is 5. The van der Waals surface area contributed by atoms with E-state index in [-0.39, 0.29) is 5.91 Å². The first-order valence-corrected chi connectivity index (χ1v) is 8.50. The van der Waals surface area contributed by atoms with Crippen molar-refractivity contribution in [2.45, 2.75) is 26.0 Å². The fourth-order valence-electron chi connectivity index (χ4n) is 3.08. The number of aliphatic hydroxyl groups excluding tert-OH is 1. The molecule has 132 valence electrons. The number of aromatic nitrogens is 2. The third kappa shape index (κ3) is 3.60. The van der Waals surface area contributed by atoms with Gasteiger partial charge >= 0.3 is 0 Å². The summed E-state index contributed by atoms with van der Waals surface area (Å²) in [7, 11) is 3.89. The zero-order chi connectivity index (χ0) is 18.1. The van der Waals surface area contributed by atoms with E-state index in [1.807, 2.05) is 25.9 Å². The Morgan fingerprint density at radius 2 is 2.12 bits per heavy atom. The number of carbonyl (C=O) groups is 1. The van der Waals surface area contributed by atoms with E-state index >= 15 is 0 Å². The maximum atomic E-state index is 12.7. The highest BCUT2D eigenvalue weighted by Gasteiger charge is 2.29. The SMILES string of the molecule is Cc1nc2c(c(N(C)C)n1)CCN(C(=O)[C@H](O)c1cccc(Cl)c1)C2. The highest BCUT2D eigenvalue weighted by Crippen LogP contribution is 2.27. The van der Waals surface area contributed by atoms with E-state index in [1.54, 1.807) is 29.2 Å². The molecule has 2 aromatic rings. The van der Waals surface area contributed by atoms with E-state index in [9.17, 15) is 9.90 Å². The molecule has 0 unspecified atom stereocenters. The second kappa shape index (κ2) is 6.98. The first-order chi connectivity index (χ1) is 11.9. The summed E-state index contributed by atoms with van der Waals surface area (Å²) < 4.78 is 0. The van der Waals surface area contributed by atoms with Crippen molar-refractivity contribution in [1.82, 2.24) is 14.9 Å². The van der Waals surface area contributed by atoms with Crippen LogP contribution in [0.2, 0.25) is 5.02 Å². The van der Waals surface area contributed by atoms with E-state index in [1.165, 1.54) is 0 Å². The number of benzene rings is 1. The molecule has 1 aliphatic rings. The largest absolute Gasteiger partial charge is 0.378 e. The lowest BCUT2D eigenvalue weighted by Crippen LogP contribution is -2.40. The summed E-state index contributed by atoms with van der Waals surface area (Å²) in [4.78, 5) is 25.3. The molecule has 6 nitrogen and oxygen atoms in total. The number of fused-ring (bicyclic) bond motifs is 1. The van der Waals surface area contributed by atoms with Gasteiger partial charge in [-0.2, -0.15) is 0 Å². The Bertz CT molecular complexity index is 810. The van der Waals surface area contributed by atoms with Crippen LogP contribution >= 0.6 is 11.6 Å². The molecule has 25 heavy (non-hydrogen) atoms. The minimum atomic E-state index is -1.23. The molecule has 3 rings (SSSR count). The Labute approximate surface area is 152 Å². The normalized spacial score (nSPS) is 14.8. The van der Waals surface area contributed by atoms with Gasteiger partial charge in [0.25, 0.3) is 5.91 Å². The minimum Gasteiger partial charge on any atom is -0.378 e. The summed E-state index contributed by atoms with van der Waals surface area (Å²) in [6.07, 6.45) is -0.562. The Morgan fingerprint density at radius 3 is 2.80 bits per heavy atom. The van der Waals surface area contributed by atoms with Crippen molar-refractivity contribution in [3.05, 3.63) is 51.9 Å². The van der Waals surface area contributed by atoms with Crippen molar-refractivity contribution < 1.29 is 9.90 Å². The summed E-state index contributed by atoms with van der Waals surface area (Å²) in [6.45, 7) is 2.74. The molecule has 0 fully saturated rings. The van der Waals surface area contributed by atoms with Crippen LogP contribution < -0.4 is 4.90 Å². The summed E-state index contributed by atoms with van der Waals surface area (Å²) in [6, 6.07) is 6.74. The van der Waals surface area contributed by atoms with Gasteiger partial charge in [-0.1, -0.05) is 23.7 Å². The molecule has 1 amide bonds. The number of aliphatic hydroxyl groups is 1. The molecular formula is C18H21ClN4O2. The second-order valence-corrected chi connectivity index (χ2v) is 6.82. The number of aryl methyl sites for hydroxylation is 1. The van der Waals surface area contributed by atoms with Crippen LogP contribution in [-0.2, 0) is 17.8 Å². The Kier molecular flexibility index (Phi) is 4.92. The van der Waals surface area contributed by atoms with Crippen LogP contribution in [0, 0.1) is 6.92 Å². The summed E-state index contributed by atoms with van der Waals surface area (Å²) in [5, 5.41) is 10.9. The highest BCUT2D eigenvalue weighted by molar-refractivity contribution is 6.30. The standard InChI is InChI=1S/C18H21ClN4O2/c1-11-20-15-10-23(8-7-14(15)17(21-11)22(2)3)18(25)16(24)12-5-4-6-13(19)9-12/h4-6,9,16,24H,7-8,10H2,1-3H3/t16-/m1/s1. The van der Waals surface area contributed by atoms with Gasteiger partial charge in [0, 0.05) is 31.2 Å². The first-order valence-electron chi connectivity index (χ1n) is 8.13. The summed E-state index contributed by atoms with van der Waals surface area (Å²) in [5.74, 6) is 1.23. The van der Waals surface area contributed by atoms with E-state index in [2.05, 4.69) is 9.97 Å². The van der Waals surface area contributed by atoms with Gasteiger partial charge < -0.3 is 14.9 Å². The highest BCUT2D eigenvalue weighted by atomic mass is 35.5. The first kappa shape index (κ1) is 17.6. The van der Waals surface area contributed by atoms with Gasteiger partial charge in [0.15, 0.2) is 6.10 Å². The van der Waals surface area contributed by atoms with E-state index in [4.69, 9.17) is 11.6 Å². The van der Waals surface area contributed by atoms with Gasteiger partial charge in [-0.3, -0.25) is 4.79 Å². The fraction of sp³-hybridized carbons (Fsp3) is 0.389. The number of hydrogen-bond donors (Lipinski definition) is 1. The average Bonchev–Trinajstić information content (AvgIpc) is 2.59. The number of anilines is 1. The molecule has 1 atom stereocenters. The van der Waals surface area contributed by atoms with Crippen LogP contribution in [0.3, 0.4) is 0 Å². The lowest BCUT2D eigenvalue weighted by atomic mass is 10.0. The fourth-order valence-corrected chi connectivity index (χ4v) is 3.28. The van der Waals surface area contributed by atoms with Crippen molar-refractivity contribution in [2.75, 3.05) is 25.5 Å². The van der Waals surface area contributed by atoms with Gasteiger partial charge in [0.1, 0.15) is 11.6 Å². The van der Waals surface area contributed by atoms with Crippen molar-refractivity contribution >= 4 is 23.3 Å². The molecule has 2 heterocycles. The zero-order valence-corrected chi connectivity index (χ0v) is 15.3. The molecule has 0 saturated carbocycles. The number of amides is 1. The summed E-state index contributed by atoms with van der Waals surface area (Å²) in [5.41, 5.74) is 2.40. The molecule has 0 bridgehead atoms. The van der Waals surface area contributed by atoms with E-state index in [0.29, 0.717) is 35.9 Å². The number of nitrogens with zero attached hydrogens (tertiary/aromatic N) is 4. The van der Waals surface area contributed by atoms with Crippen LogP contribution in [0.25, 0.3) is 0 Å². The van der Waals surface area contributed by atoms with Gasteiger partial charge in [-0.15, -0.1) is 0 Å². The third-order valence-electron chi connectivity index (χ3n) is 4.29. The molecule has 7 heteroatoms. The maximum absolute atomic E-state index is 12.7. The topological polar surface area (TPSA) is 69.6 Å². The predicted molar refractivity (Wildman–Crippen MR) is 96.6 cm³/mol. The molecule has 0 saturated heterocycles. The van der Waals surface area contributed by atoms with Gasteiger partial charge in [0.2, 0.25) is 0 Å². The molecule has 1 aromatic carbocycles. The molecule has 1 aliphatic heterocycles. The van der Waals surface area contributed by atoms with Crippen molar-refractivity contribution in [1.29, 1.82) is 0 Å². The van der Waals surface area contributed by atoms with Gasteiger partial charge in [0.05, 0.1) is 12.2 Å². The van der Waals surface area contributed by atoms with Crippen molar-refractivity contribution in [3.8, 4) is 0 Å². The van der Waals surface area contributed by atoms with Crippen LogP contribution in [-0.4, -0.2) is 46.5 Å². The van der Waals surface area contributed by atoms with Crippen molar-refractivity contribution in [2.24, 2.45) is 0 Å². The van der Waals surface area contributed by atoms with Crippen molar-refractivity contribution in [3.63, 3.8) is 0 Å². The van der Waals surface area contributed by atoms with E-state index in [0.717, 1.165) is 17.1 Å². The molecular weight excluding hydrogens is 340 g/mol. The number of rotatable bonds is 3. The van der Waals surface area contributed by atoms with Crippen LogP contribution in [0.15, 0.2) is 24.3 Å². The smallest absolute Gasteiger partial charge is 0.256 e. The molecule has 1 aromatic heterocycles. The quantitative estimate of drug-likeness (QED) is 0.908. The number of halogens is 1. The lowest BCUT2D eigenvalue weighted by Gasteiger charge is -2.31. The van der Waals surface area contributed by atoms with Crippen LogP contribution in [0.4, 0.5) is 5.82 Å². The third-order valence-corrected chi connectivity index (χ3v) is 4.52. The molecule has 0 radical (unpaired) electrons. The maximum Gasteiger partial charge on any atom is 0.256 e. The Hall–Kier alpha value is -2.18. The predicted octanol–water partition coefficient (Wildman–Crippen LogP) is 2.12. The lowest BCUT2D eigenvalue weighted by molar-refractivity contribution is -0.141. The van der Waals surface area contributed by atoms with Gasteiger partial charge in [-0.25, -0.2) is 9.97 Å². The van der Waals surface area contributed by atoms with Crippen LogP contribution in [0.5, 0.6) is 0 Å². The van der Waals surface area contributed by atoms with Gasteiger partial charge in [-0.05, 0) is 31.0 Å². The monoisotopic (exact) mass is 360 g/mol. The zero-order valence-electron chi connectivity index (χ0n) is 14.5. The number of carbonyl (C=O) groups excluding carboxylic acids is 1. The van der Waals surface area contributed by atoms with Crippen LogP contribution in [0.1, 0.15) is 28.7 Å². The molecule has 1 N–H and O–H groups in total. The molecule has 0 aliphatic carbocycles. The summed E-state index contributed by atoms with van der Waals surface area (Å²) >= 11 is 5.95. The minimum absolute atomic E-state index is 0.337. The Balaban J connectivity index is 1.84. The molecule has 0 spiro atoms. The Morgan fingerprint density at radius 1 is 1.36 bits per heavy atom. The average molecular weight is 361 g/mol. The second-order valence-electron chi connectivity index (χ2n) is 6.38. The van der Waals surface area contributed by atoms with E-state index < -0.39 is 6.10 Å².